The monoisotopic (exact) mass is 240 g/mol. The van der Waals surface area contributed by atoms with Gasteiger partial charge in [-0.2, -0.15) is 0 Å². The first-order valence-corrected chi connectivity index (χ1v) is 6.78. The summed E-state index contributed by atoms with van der Waals surface area (Å²) in [5.41, 5.74) is -0.594. The van der Waals surface area contributed by atoms with Gasteiger partial charge in [0.15, 0.2) is 0 Å². The summed E-state index contributed by atoms with van der Waals surface area (Å²) in [7, 11) is 0. The molecule has 2 aliphatic heterocycles. The normalized spacial score (nSPS) is 32.1. The third kappa shape index (κ3) is 2.80. The Morgan fingerprint density at radius 1 is 1.53 bits per heavy atom. The average molecular weight is 240 g/mol. The van der Waals surface area contributed by atoms with Gasteiger partial charge in [0.05, 0.1) is 18.7 Å². The van der Waals surface area contributed by atoms with Crippen LogP contribution < -0.4 is 5.32 Å². The van der Waals surface area contributed by atoms with E-state index in [1.807, 2.05) is 4.90 Å². The van der Waals surface area contributed by atoms with Gasteiger partial charge in [0.1, 0.15) is 0 Å². The van der Waals surface area contributed by atoms with Crippen molar-refractivity contribution in [2.24, 2.45) is 5.92 Å². The van der Waals surface area contributed by atoms with Gasteiger partial charge in [0, 0.05) is 12.0 Å². The Hall–Kier alpha value is -0.610. The first-order chi connectivity index (χ1) is 8.04. The van der Waals surface area contributed by atoms with Crippen LogP contribution in [0.5, 0.6) is 0 Å². The van der Waals surface area contributed by atoms with E-state index in [2.05, 4.69) is 19.2 Å². The first-order valence-electron chi connectivity index (χ1n) is 6.78. The number of hydrogen-bond donors (Lipinski definition) is 2. The molecule has 2 aliphatic rings. The van der Waals surface area contributed by atoms with E-state index in [9.17, 15) is 9.90 Å². The van der Waals surface area contributed by atoms with Gasteiger partial charge in [-0.15, -0.1) is 0 Å². The van der Waals surface area contributed by atoms with Crippen molar-refractivity contribution < 1.29 is 9.90 Å². The summed E-state index contributed by atoms with van der Waals surface area (Å²) in [6.07, 6.45) is 3.65. The highest BCUT2D eigenvalue weighted by Gasteiger charge is 2.44. The third-order valence-electron chi connectivity index (χ3n) is 3.97. The van der Waals surface area contributed by atoms with Gasteiger partial charge < -0.3 is 15.3 Å². The molecule has 2 rings (SSSR count). The van der Waals surface area contributed by atoms with Crippen LogP contribution >= 0.6 is 0 Å². The second-order valence-electron chi connectivity index (χ2n) is 5.75. The lowest BCUT2D eigenvalue weighted by Crippen LogP contribution is -2.64. The smallest absolute Gasteiger partial charge is 0.225 e. The first kappa shape index (κ1) is 12.8. The molecule has 0 bridgehead atoms. The molecule has 0 spiro atoms. The number of nitrogens with one attached hydrogen (secondary N) is 1. The Morgan fingerprint density at radius 2 is 2.24 bits per heavy atom. The molecular weight excluding hydrogens is 216 g/mol. The minimum absolute atomic E-state index is 0.164. The van der Waals surface area contributed by atoms with Crippen LogP contribution in [0.2, 0.25) is 0 Å². The van der Waals surface area contributed by atoms with E-state index in [0.29, 0.717) is 19.1 Å². The Labute approximate surface area is 103 Å². The van der Waals surface area contributed by atoms with Crippen LogP contribution in [0.1, 0.15) is 39.5 Å². The van der Waals surface area contributed by atoms with Gasteiger partial charge in [0.25, 0.3) is 0 Å². The summed E-state index contributed by atoms with van der Waals surface area (Å²) in [5, 5.41) is 13.4. The summed E-state index contributed by atoms with van der Waals surface area (Å²) < 4.78 is 0. The highest BCUT2D eigenvalue weighted by molar-refractivity contribution is 5.80. The van der Waals surface area contributed by atoms with Gasteiger partial charge in [-0.1, -0.05) is 13.3 Å². The number of piperidine rings is 1. The van der Waals surface area contributed by atoms with E-state index in [1.165, 1.54) is 0 Å². The molecule has 2 unspecified atom stereocenters. The summed E-state index contributed by atoms with van der Waals surface area (Å²) in [6.45, 7) is 6.21. The molecule has 0 radical (unpaired) electrons. The van der Waals surface area contributed by atoms with Crippen LogP contribution in [0.25, 0.3) is 0 Å². The van der Waals surface area contributed by atoms with Gasteiger partial charge in [-0.3, -0.25) is 4.79 Å². The summed E-state index contributed by atoms with van der Waals surface area (Å²) in [4.78, 5) is 14.0. The van der Waals surface area contributed by atoms with E-state index in [4.69, 9.17) is 0 Å². The van der Waals surface area contributed by atoms with Crippen molar-refractivity contribution in [3.63, 3.8) is 0 Å². The minimum atomic E-state index is -0.594. The number of aliphatic hydroxyl groups is 1. The van der Waals surface area contributed by atoms with Crippen molar-refractivity contribution in [2.75, 3.05) is 19.6 Å². The standard InChI is InChI=1S/C13H24N2O2/c1-3-5-13(17)8-15(9-13)12(16)11-4-6-14-10(2)7-11/h10-11,14,17H,3-9H2,1-2H3. The van der Waals surface area contributed by atoms with Crippen molar-refractivity contribution in [1.29, 1.82) is 0 Å². The fraction of sp³-hybridized carbons (Fsp3) is 0.923. The Kier molecular flexibility index (Phi) is 3.73. The maximum Gasteiger partial charge on any atom is 0.225 e. The molecule has 17 heavy (non-hydrogen) atoms. The topological polar surface area (TPSA) is 52.6 Å². The SMILES string of the molecule is CCCC1(O)CN(C(=O)C2CCNC(C)C2)C1. The fourth-order valence-corrected chi connectivity index (χ4v) is 3.06. The van der Waals surface area contributed by atoms with E-state index in [1.54, 1.807) is 0 Å². The van der Waals surface area contributed by atoms with E-state index < -0.39 is 5.60 Å². The molecule has 2 saturated heterocycles. The van der Waals surface area contributed by atoms with Crippen LogP contribution in [-0.2, 0) is 4.79 Å². The molecule has 4 nitrogen and oxygen atoms in total. The average Bonchev–Trinajstić information content (AvgIpc) is 2.25. The molecule has 0 aliphatic carbocycles. The molecule has 4 heteroatoms. The summed E-state index contributed by atoms with van der Waals surface area (Å²) in [6, 6.07) is 0.438. The van der Waals surface area contributed by atoms with Crippen LogP contribution in [0.15, 0.2) is 0 Å². The van der Waals surface area contributed by atoms with Crippen LogP contribution in [0.4, 0.5) is 0 Å². The third-order valence-corrected chi connectivity index (χ3v) is 3.97. The lowest BCUT2D eigenvalue weighted by Gasteiger charge is -2.48. The second-order valence-corrected chi connectivity index (χ2v) is 5.75. The molecule has 0 saturated carbocycles. The highest BCUT2D eigenvalue weighted by Crippen LogP contribution is 2.29. The van der Waals surface area contributed by atoms with E-state index >= 15 is 0 Å². The molecular formula is C13H24N2O2. The molecule has 0 aromatic rings. The van der Waals surface area contributed by atoms with Crippen molar-refractivity contribution in [1.82, 2.24) is 10.2 Å². The molecule has 2 heterocycles. The van der Waals surface area contributed by atoms with Crippen molar-refractivity contribution in [3.8, 4) is 0 Å². The zero-order valence-electron chi connectivity index (χ0n) is 10.9. The van der Waals surface area contributed by atoms with Crippen LogP contribution in [0.3, 0.4) is 0 Å². The molecule has 2 fully saturated rings. The largest absolute Gasteiger partial charge is 0.386 e. The quantitative estimate of drug-likeness (QED) is 0.765. The number of amides is 1. The van der Waals surface area contributed by atoms with Gasteiger partial charge in [-0.25, -0.2) is 0 Å². The van der Waals surface area contributed by atoms with Crippen molar-refractivity contribution in [2.45, 2.75) is 51.2 Å². The number of β-amino-alcohol motifs (C(OH)–C–C–N with tert-alkyl or cyclic N) is 1. The fourth-order valence-electron chi connectivity index (χ4n) is 3.06. The Balaban J connectivity index is 1.82. The zero-order chi connectivity index (χ0) is 12.5. The van der Waals surface area contributed by atoms with Crippen molar-refractivity contribution in [3.05, 3.63) is 0 Å². The Morgan fingerprint density at radius 3 is 2.82 bits per heavy atom. The molecule has 0 aromatic heterocycles. The van der Waals surface area contributed by atoms with Crippen molar-refractivity contribution >= 4 is 5.91 Å². The molecule has 0 aromatic carbocycles. The lowest BCUT2D eigenvalue weighted by molar-refractivity contribution is -0.161. The summed E-state index contributed by atoms with van der Waals surface area (Å²) in [5.74, 6) is 0.413. The predicted molar refractivity (Wildman–Crippen MR) is 66.6 cm³/mol. The van der Waals surface area contributed by atoms with Crippen LogP contribution in [-0.4, -0.2) is 47.2 Å². The maximum absolute atomic E-state index is 12.2. The number of rotatable bonds is 3. The maximum atomic E-state index is 12.2. The number of nitrogens with zero attached hydrogens (tertiary/aromatic N) is 1. The van der Waals surface area contributed by atoms with E-state index in [-0.39, 0.29) is 11.8 Å². The number of carbonyl (C=O) groups excluding carboxylic acids is 1. The molecule has 1 amide bonds. The number of hydrogen-bond acceptors (Lipinski definition) is 3. The predicted octanol–water partition coefficient (Wildman–Crippen LogP) is 0.748. The molecule has 98 valence electrons. The number of carbonyl (C=O) groups is 1. The zero-order valence-corrected chi connectivity index (χ0v) is 10.9. The van der Waals surface area contributed by atoms with Crippen LogP contribution in [0, 0.1) is 5.92 Å². The second kappa shape index (κ2) is 4.94. The van der Waals surface area contributed by atoms with Gasteiger partial charge in [0.2, 0.25) is 5.91 Å². The summed E-state index contributed by atoms with van der Waals surface area (Å²) >= 11 is 0. The van der Waals surface area contributed by atoms with E-state index in [0.717, 1.165) is 32.2 Å². The van der Waals surface area contributed by atoms with Gasteiger partial charge >= 0.3 is 0 Å². The number of likely N-dealkylation sites (tertiary alicyclic amines) is 1. The lowest BCUT2D eigenvalue weighted by atomic mass is 9.85. The highest BCUT2D eigenvalue weighted by atomic mass is 16.3. The minimum Gasteiger partial charge on any atom is -0.386 e. The molecule has 2 atom stereocenters. The Bertz CT molecular complexity index is 287. The van der Waals surface area contributed by atoms with Gasteiger partial charge in [-0.05, 0) is 32.7 Å². The molecule has 2 N–H and O–H groups in total.